The fourth-order valence-corrected chi connectivity index (χ4v) is 6.20. The van der Waals surface area contributed by atoms with Gasteiger partial charge in [-0.3, -0.25) is 0 Å². The number of ether oxygens (including phenoxy) is 2. The molecule has 1 aromatic rings. The summed E-state index contributed by atoms with van der Waals surface area (Å²) in [5.74, 6) is 0.899. The molecule has 0 saturated carbocycles. The molecule has 1 rings (SSSR count). The summed E-state index contributed by atoms with van der Waals surface area (Å²) in [6.45, 7) is 10.4. The van der Waals surface area contributed by atoms with Gasteiger partial charge in [0.2, 0.25) is 0 Å². The summed E-state index contributed by atoms with van der Waals surface area (Å²) in [6, 6.07) is 8.87. The minimum atomic E-state index is -4.47. The second-order valence-corrected chi connectivity index (χ2v) is 10.4. The van der Waals surface area contributed by atoms with Gasteiger partial charge < -0.3 is 13.3 Å². The molecule has 0 N–H and O–H groups in total. The Morgan fingerprint density at radius 3 is 1.96 bits per heavy atom. The fraction of sp³-hybridized carbons (Fsp3) is 0.714. The lowest BCUT2D eigenvalue weighted by Crippen LogP contribution is -2.39. The average Bonchev–Trinajstić information content (AvgIpc) is 2.57. The standard InChI is InChI=1S/C13H16F3O3.2C4H9.Al/c1-2-18-12(17)8-11(13(14,15)16)19-9-10-6-4-3-5-7-10;2*1-4(2)3;/h3-7,11-12H,2,8-9H2,1H3;2*4H,1H2,2-3H3;/q-1;;;+1. The van der Waals surface area contributed by atoms with Crippen LogP contribution in [0.3, 0.4) is 0 Å². The Hall–Kier alpha value is -0.578. The number of alkyl halides is 3. The summed E-state index contributed by atoms with van der Waals surface area (Å²) in [5.41, 5.74) is 0.706. The highest BCUT2D eigenvalue weighted by Crippen LogP contribution is 2.29. The minimum Gasteiger partial charge on any atom is -0.477 e. The summed E-state index contributed by atoms with van der Waals surface area (Å²) in [6.07, 6.45) is -7.62. The van der Waals surface area contributed by atoms with Crippen molar-refractivity contribution in [3.05, 3.63) is 35.9 Å². The number of hydrogen-bond acceptors (Lipinski definition) is 3. The smallest absolute Gasteiger partial charge is 0.463 e. The molecular formula is C21H34AlF3O3. The van der Waals surface area contributed by atoms with Crippen molar-refractivity contribution in [1.82, 2.24) is 0 Å². The van der Waals surface area contributed by atoms with Crippen LogP contribution in [0.15, 0.2) is 30.3 Å². The number of hydrogen-bond donors (Lipinski definition) is 0. The molecule has 28 heavy (non-hydrogen) atoms. The Morgan fingerprint density at radius 1 is 0.929 bits per heavy atom. The van der Waals surface area contributed by atoms with Crippen molar-refractivity contribution in [2.24, 2.45) is 11.8 Å². The highest BCUT2D eigenvalue weighted by atomic mass is 27.2. The predicted molar refractivity (Wildman–Crippen MR) is 107 cm³/mol. The molecule has 2 atom stereocenters. The third-order valence-corrected chi connectivity index (χ3v) is 7.86. The highest BCUT2D eigenvalue weighted by molar-refractivity contribution is 6.52. The number of halogens is 3. The first-order valence-electron chi connectivity index (χ1n) is 10.1. The molecule has 0 saturated heterocycles. The van der Waals surface area contributed by atoms with Gasteiger partial charge in [-0.1, -0.05) is 80.4 Å². The Bertz CT molecular complexity index is 513. The van der Waals surface area contributed by atoms with Crippen molar-refractivity contribution < 1.29 is 26.4 Å². The molecule has 3 nitrogen and oxygen atoms in total. The van der Waals surface area contributed by atoms with Gasteiger partial charge in [0.25, 0.3) is 0 Å². The zero-order chi connectivity index (χ0) is 21.2. The van der Waals surface area contributed by atoms with Crippen molar-refractivity contribution in [3.8, 4) is 0 Å². The van der Waals surface area contributed by atoms with Crippen LogP contribution in [0, 0.1) is 11.8 Å². The van der Waals surface area contributed by atoms with Crippen molar-refractivity contribution in [2.75, 3.05) is 6.61 Å². The monoisotopic (exact) mass is 418 g/mol. The Balaban J connectivity index is 2.80. The van der Waals surface area contributed by atoms with E-state index in [1.165, 1.54) is 0 Å². The van der Waals surface area contributed by atoms with E-state index in [9.17, 15) is 13.2 Å². The molecule has 0 aromatic heterocycles. The number of rotatable bonds is 13. The van der Waals surface area contributed by atoms with E-state index in [0.717, 1.165) is 10.6 Å². The van der Waals surface area contributed by atoms with E-state index < -0.39 is 33.1 Å². The maximum Gasteiger partial charge on any atom is 0.463 e. The number of benzene rings is 1. The van der Waals surface area contributed by atoms with Crippen LogP contribution in [0.2, 0.25) is 10.6 Å². The first kappa shape index (κ1) is 25.5. The topological polar surface area (TPSA) is 27.7 Å². The molecule has 0 heterocycles. The van der Waals surface area contributed by atoms with Crippen LogP contribution in [0.25, 0.3) is 0 Å². The maximum atomic E-state index is 13.6. The first-order chi connectivity index (χ1) is 13.1. The van der Waals surface area contributed by atoms with Gasteiger partial charge in [-0.2, -0.15) is 13.2 Å². The van der Waals surface area contributed by atoms with E-state index in [2.05, 4.69) is 27.7 Å². The molecule has 7 heteroatoms. The third kappa shape index (κ3) is 10.8. The SMILES string of the molecule is CCOC(CC(OCc1ccccc1)C(F)(F)F)[O][Al]([CH2]C(C)C)[CH2]C(C)C. The van der Waals surface area contributed by atoms with E-state index in [4.69, 9.17) is 13.3 Å². The molecule has 160 valence electrons. The van der Waals surface area contributed by atoms with Crippen LogP contribution in [-0.4, -0.2) is 39.7 Å². The highest BCUT2D eigenvalue weighted by Gasteiger charge is 2.43. The molecule has 0 amide bonds. The second kappa shape index (κ2) is 12.9. The van der Waals surface area contributed by atoms with E-state index in [1.54, 1.807) is 31.2 Å². The van der Waals surface area contributed by atoms with Crippen molar-refractivity contribution >= 4 is 14.5 Å². The Labute approximate surface area is 172 Å². The van der Waals surface area contributed by atoms with Crippen molar-refractivity contribution in [2.45, 2.75) is 76.8 Å². The van der Waals surface area contributed by atoms with Gasteiger partial charge in [0.05, 0.1) is 6.61 Å². The zero-order valence-electron chi connectivity index (χ0n) is 17.7. The first-order valence-corrected chi connectivity index (χ1v) is 12.2. The molecule has 0 bridgehead atoms. The van der Waals surface area contributed by atoms with Gasteiger partial charge in [0.1, 0.15) is 6.29 Å². The molecule has 2 unspecified atom stereocenters. The van der Waals surface area contributed by atoms with E-state index in [1.807, 2.05) is 6.07 Å². The van der Waals surface area contributed by atoms with E-state index in [0.29, 0.717) is 24.0 Å². The fourth-order valence-electron chi connectivity index (χ4n) is 3.06. The van der Waals surface area contributed by atoms with Gasteiger partial charge in [-0.05, 0) is 12.5 Å². The normalized spacial score (nSPS) is 14.5. The molecule has 1 aromatic carbocycles. The molecule has 0 aliphatic carbocycles. The summed E-state index contributed by atoms with van der Waals surface area (Å²) < 4.78 is 57.6. The van der Waals surface area contributed by atoms with Crippen molar-refractivity contribution in [3.63, 3.8) is 0 Å². The third-order valence-electron chi connectivity index (χ3n) is 4.23. The Kier molecular flexibility index (Phi) is 11.7. The molecule has 0 fully saturated rings. The van der Waals surface area contributed by atoms with Crippen LogP contribution in [0.4, 0.5) is 13.2 Å². The van der Waals surface area contributed by atoms with Gasteiger partial charge in [-0.15, -0.1) is 0 Å². The lowest BCUT2D eigenvalue weighted by molar-refractivity contribution is -0.242. The largest absolute Gasteiger partial charge is 0.477 e. The maximum absolute atomic E-state index is 13.6. The van der Waals surface area contributed by atoms with Gasteiger partial charge >= 0.3 is 20.7 Å². The van der Waals surface area contributed by atoms with Gasteiger partial charge in [0.15, 0.2) is 6.10 Å². The average molecular weight is 418 g/mol. The summed E-state index contributed by atoms with van der Waals surface area (Å²) in [7, 11) is 0. The van der Waals surface area contributed by atoms with E-state index >= 15 is 0 Å². The Morgan fingerprint density at radius 2 is 1.50 bits per heavy atom. The molecule has 0 aliphatic heterocycles. The zero-order valence-corrected chi connectivity index (χ0v) is 18.8. The molecule has 0 radical (unpaired) electrons. The van der Waals surface area contributed by atoms with E-state index in [-0.39, 0.29) is 13.0 Å². The minimum absolute atomic E-state index is 0.0945. The molecule has 0 spiro atoms. The van der Waals surface area contributed by atoms with Crippen LogP contribution in [-0.2, 0) is 19.9 Å². The summed E-state index contributed by atoms with van der Waals surface area (Å²) >= 11 is -1.68. The second-order valence-electron chi connectivity index (χ2n) is 7.96. The summed E-state index contributed by atoms with van der Waals surface area (Å²) in [5, 5.41) is 1.84. The van der Waals surface area contributed by atoms with Gasteiger partial charge in [-0.25, -0.2) is 0 Å². The van der Waals surface area contributed by atoms with Crippen LogP contribution >= 0.6 is 0 Å². The molecule has 0 aliphatic rings. The quantitative estimate of drug-likeness (QED) is 0.282. The lowest BCUT2D eigenvalue weighted by atomic mass is 10.2. The van der Waals surface area contributed by atoms with Crippen molar-refractivity contribution in [1.29, 1.82) is 0 Å². The molecular weight excluding hydrogens is 384 g/mol. The van der Waals surface area contributed by atoms with Gasteiger partial charge in [0, 0.05) is 13.0 Å². The summed E-state index contributed by atoms with van der Waals surface area (Å²) in [4.78, 5) is 0. The van der Waals surface area contributed by atoms with Crippen LogP contribution in [0.5, 0.6) is 0 Å². The predicted octanol–water partition coefficient (Wildman–Crippen LogP) is 6.21. The van der Waals surface area contributed by atoms with Crippen LogP contribution in [0.1, 0.15) is 46.6 Å². The van der Waals surface area contributed by atoms with Crippen LogP contribution < -0.4 is 0 Å². The lowest BCUT2D eigenvalue weighted by Gasteiger charge is -2.29.